The van der Waals surface area contributed by atoms with Crippen molar-refractivity contribution in [1.29, 1.82) is 0 Å². The van der Waals surface area contributed by atoms with E-state index in [1.807, 2.05) is 0 Å². The Morgan fingerprint density at radius 1 is 0.607 bits per heavy atom. The largest absolute Gasteiger partial charge is 0.391 e. The van der Waals surface area contributed by atoms with Gasteiger partial charge in [-0.15, -0.1) is 0 Å². The molecule has 0 rings (SSSR count). The van der Waals surface area contributed by atoms with E-state index in [0.717, 1.165) is 12.8 Å². The topological polar surface area (TPSA) is 36.9 Å². The number of rotatable bonds is 18. The van der Waals surface area contributed by atoms with Crippen molar-refractivity contribution in [2.45, 2.75) is 92.2 Å². The van der Waals surface area contributed by atoms with E-state index in [4.69, 9.17) is 17.7 Å². The van der Waals surface area contributed by atoms with Gasteiger partial charge in [0.2, 0.25) is 0 Å². The molecule has 0 atom stereocenters. The predicted molar refractivity (Wildman–Crippen MR) is 125 cm³/mol. The fourth-order valence-electron chi connectivity index (χ4n) is 3.39. The van der Waals surface area contributed by atoms with Crippen LogP contribution in [0.25, 0.3) is 0 Å². The van der Waals surface area contributed by atoms with Crippen molar-refractivity contribution in [1.82, 2.24) is 0 Å². The highest BCUT2D eigenvalue weighted by Crippen LogP contribution is 2.37. The molecular formula is C22H46O4Si2. The number of unbranched alkanes of at least 4 members (excludes halogenated alkanes) is 4. The van der Waals surface area contributed by atoms with Gasteiger partial charge in [-0.2, -0.15) is 0 Å². The van der Waals surface area contributed by atoms with Crippen LogP contribution in [0.2, 0.25) is 5.16 Å². The van der Waals surface area contributed by atoms with Crippen molar-refractivity contribution in [2.24, 2.45) is 0 Å². The van der Waals surface area contributed by atoms with Gasteiger partial charge in [0.15, 0.2) is 0 Å². The van der Waals surface area contributed by atoms with Gasteiger partial charge < -0.3 is 17.7 Å². The lowest BCUT2D eigenvalue weighted by Gasteiger charge is -2.41. The second kappa shape index (κ2) is 16.5. The van der Waals surface area contributed by atoms with Gasteiger partial charge in [0.25, 0.3) is 0 Å². The SMILES string of the molecule is CCCCC=C[Si](OCC)(OCC)C(C)[Si](C=CCCCC)(OCC)OCC. The quantitative estimate of drug-likeness (QED) is 0.183. The Morgan fingerprint density at radius 2 is 0.929 bits per heavy atom. The molecule has 0 radical (unpaired) electrons. The zero-order valence-electron chi connectivity index (χ0n) is 19.6. The van der Waals surface area contributed by atoms with Crippen molar-refractivity contribution in [2.75, 3.05) is 26.4 Å². The number of hydrogen-bond acceptors (Lipinski definition) is 4. The van der Waals surface area contributed by atoms with Crippen molar-refractivity contribution < 1.29 is 17.7 Å². The number of allylic oxidation sites excluding steroid dienone is 2. The first-order valence-electron chi connectivity index (χ1n) is 11.4. The van der Waals surface area contributed by atoms with E-state index in [9.17, 15) is 0 Å². The van der Waals surface area contributed by atoms with Crippen LogP contribution in [0.4, 0.5) is 0 Å². The average Bonchev–Trinajstić information content (AvgIpc) is 2.68. The monoisotopic (exact) mass is 430 g/mol. The summed E-state index contributed by atoms with van der Waals surface area (Å²) in [5.74, 6) is 0. The fraction of sp³-hybridized carbons (Fsp3) is 0.818. The lowest BCUT2D eigenvalue weighted by Crippen LogP contribution is -2.59. The third-order valence-corrected chi connectivity index (χ3v) is 14.0. The average molecular weight is 431 g/mol. The molecule has 0 saturated heterocycles. The van der Waals surface area contributed by atoms with Gasteiger partial charge in [-0.1, -0.05) is 58.6 Å². The highest BCUT2D eigenvalue weighted by atomic mass is 28.4. The third-order valence-electron chi connectivity index (χ3n) is 4.84. The molecule has 0 heterocycles. The summed E-state index contributed by atoms with van der Waals surface area (Å²) in [6, 6.07) is 0. The summed E-state index contributed by atoms with van der Waals surface area (Å²) in [6.45, 7) is 17.4. The molecule has 166 valence electrons. The van der Waals surface area contributed by atoms with Gasteiger partial charge in [0.1, 0.15) is 0 Å². The van der Waals surface area contributed by atoms with Crippen molar-refractivity contribution in [3.8, 4) is 0 Å². The Kier molecular flexibility index (Phi) is 16.4. The molecule has 0 aromatic heterocycles. The molecule has 0 unspecified atom stereocenters. The lowest BCUT2D eigenvalue weighted by molar-refractivity contribution is 0.163. The fourth-order valence-corrected chi connectivity index (χ4v) is 12.1. The van der Waals surface area contributed by atoms with Crippen LogP contribution in [0.1, 0.15) is 87.0 Å². The van der Waals surface area contributed by atoms with Crippen LogP contribution < -0.4 is 0 Å². The van der Waals surface area contributed by atoms with E-state index in [-0.39, 0.29) is 5.16 Å². The van der Waals surface area contributed by atoms with Crippen LogP contribution in [0.5, 0.6) is 0 Å². The van der Waals surface area contributed by atoms with E-state index >= 15 is 0 Å². The molecule has 0 aliphatic heterocycles. The van der Waals surface area contributed by atoms with Gasteiger partial charge in [-0.3, -0.25) is 0 Å². The molecule has 0 aliphatic rings. The van der Waals surface area contributed by atoms with Crippen molar-refractivity contribution in [3.05, 3.63) is 23.6 Å². The molecule has 0 amide bonds. The molecule has 0 aliphatic carbocycles. The highest BCUT2D eigenvalue weighted by Gasteiger charge is 2.56. The zero-order chi connectivity index (χ0) is 21.3. The van der Waals surface area contributed by atoms with Crippen LogP contribution in [0.3, 0.4) is 0 Å². The summed E-state index contributed by atoms with van der Waals surface area (Å²) in [7, 11) is -5.29. The second-order valence-corrected chi connectivity index (χ2v) is 14.0. The van der Waals surface area contributed by atoms with Crippen LogP contribution >= 0.6 is 0 Å². The first-order valence-corrected chi connectivity index (χ1v) is 15.4. The molecule has 0 saturated carbocycles. The maximum absolute atomic E-state index is 6.41. The number of hydrogen-bond donors (Lipinski definition) is 0. The minimum atomic E-state index is -2.65. The summed E-state index contributed by atoms with van der Waals surface area (Å²) in [5.41, 5.74) is 4.50. The molecule has 0 aromatic rings. The Morgan fingerprint density at radius 3 is 1.18 bits per heavy atom. The van der Waals surface area contributed by atoms with Crippen LogP contribution in [-0.4, -0.2) is 43.5 Å². The Hall–Kier alpha value is -0.246. The summed E-state index contributed by atoms with van der Waals surface area (Å²) in [4.78, 5) is 0. The standard InChI is InChI=1S/C22H46O4Si2/c1-8-14-16-18-20-27(23-10-3,24-11-4)22(7)28(25-12-5,26-13-6)21-19-17-15-9-2/h18-22H,8-17H2,1-7H3. The van der Waals surface area contributed by atoms with Gasteiger partial charge in [-0.25, -0.2) is 0 Å². The summed E-state index contributed by atoms with van der Waals surface area (Å²) in [6.07, 6.45) is 11.4. The smallest absolute Gasteiger partial charge is 0.369 e. The molecule has 0 aromatic carbocycles. The van der Waals surface area contributed by atoms with Crippen molar-refractivity contribution in [3.63, 3.8) is 0 Å². The van der Waals surface area contributed by atoms with E-state index in [1.165, 1.54) is 25.7 Å². The maximum Gasteiger partial charge on any atom is 0.369 e. The van der Waals surface area contributed by atoms with E-state index in [0.29, 0.717) is 26.4 Å². The van der Waals surface area contributed by atoms with Gasteiger partial charge >= 0.3 is 17.1 Å². The normalized spacial score (nSPS) is 14.4. The van der Waals surface area contributed by atoms with Crippen LogP contribution in [0, 0.1) is 0 Å². The Balaban J connectivity index is 6.00. The van der Waals surface area contributed by atoms with E-state index in [1.54, 1.807) is 0 Å². The minimum absolute atomic E-state index is 0.0931. The molecule has 0 N–H and O–H groups in total. The molecule has 6 heteroatoms. The predicted octanol–water partition coefficient (Wildman–Crippen LogP) is 6.52. The molecular weight excluding hydrogens is 384 g/mol. The summed E-state index contributed by atoms with van der Waals surface area (Å²) >= 11 is 0. The van der Waals surface area contributed by atoms with Crippen molar-refractivity contribution >= 4 is 17.1 Å². The van der Waals surface area contributed by atoms with Crippen LogP contribution in [-0.2, 0) is 17.7 Å². The second-order valence-electron chi connectivity index (χ2n) is 6.99. The highest BCUT2D eigenvalue weighted by molar-refractivity contribution is 6.92. The zero-order valence-corrected chi connectivity index (χ0v) is 21.6. The molecule has 0 fully saturated rings. The Labute approximate surface area is 177 Å². The van der Waals surface area contributed by atoms with Gasteiger partial charge in [0, 0.05) is 26.4 Å². The summed E-state index contributed by atoms with van der Waals surface area (Å²) in [5, 5.41) is 0.0931. The lowest BCUT2D eigenvalue weighted by atomic mass is 10.2. The maximum atomic E-state index is 6.41. The van der Waals surface area contributed by atoms with E-state index < -0.39 is 17.1 Å². The molecule has 28 heavy (non-hydrogen) atoms. The van der Waals surface area contributed by atoms with Crippen LogP contribution in [0.15, 0.2) is 23.6 Å². The summed E-state index contributed by atoms with van der Waals surface area (Å²) < 4.78 is 25.6. The third kappa shape index (κ3) is 9.05. The van der Waals surface area contributed by atoms with Gasteiger partial charge in [0.05, 0.1) is 5.16 Å². The molecule has 0 bridgehead atoms. The molecule has 4 nitrogen and oxygen atoms in total. The first kappa shape index (κ1) is 27.8. The Bertz CT molecular complexity index is 377. The molecule has 0 spiro atoms. The van der Waals surface area contributed by atoms with E-state index in [2.05, 4.69) is 72.0 Å². The first-order chi connectivity index (χ1) is 13.5. The minimum Gasteiger partial charge on any atom is -0.391 e. The van der Waals surface area contributed by atoms with Gasteiger partial charge in [-0.05, 0) is 51.9 Å².